The molecule has 120 valence electrons. The standard InChI is InChI=1S/C16H18N4O3/c1-2-23-13-8-6-12(7-9-13)19-11-15(20(21)22)16(18-19)14-5-3-4-10-17-14/h3-5,8,10-12H,2,6-7,9H2,1H3/t12-/m1/s1. The smallest absolute Gasteiger partial charge is 0.316 e. The van der Waals surface area contributed by atoms with Crippen LogP contribution in [0, 0.1) is 10.1 Å². The molecule has 3 rings (SSSR count). The molecule has 2 aromatic heterocycles. The van der Waals surface area contributed by atoms with Crippen LogP contribution in [0.4, 0.5) is 5.69 Å². The summed E-state index contributed by atoms with van der Waals surface area (Å²) in [4.78, 5) is 15.1. The Bertz CT molecular complexity index is 724. The fourth-order valence-electron chi connectivity index (χ4n) is 2.74. The summed E-state index contributed by atoms with van der Waals surface area (Å²) < 4.78 is 7.21. The van der Waals surface area contributed by atoms with Gasteiger partial charge in [0, 0.05) is 12.6 Å². The van der Waals surface area contributed by atoms with E-state index in [4.69, 9.17) is 4.74 Å². The van der Waals surface area contributed by atoms with Gasteiger partial charge in [-0.15, -0.1) is 0 Å². The summed E-state index contributed by atoms with van der Waals surface area (Å²) in [6.45, 7) is 2.62. The average molecular weight is 314 g/mol. The normalized spacial score (nSPS) is 17.6. The van der Waals surface area contributed by atoms with Crippen LogP contribution in [0.15, 0.2) is 42.4 Å². The maximum atomic E-state index is 11.3. The zero-order valence-electron chi connectivity index (χ0n) is 12.9. The van der Waals surface area contributed by atoms with Gasteiger partial charge in [0.1, 0.15) is 6.20 Å². The van der Waals surface area contributed by atoms with E-state index in [9.17, 15) is 10.1 Å². The van der Waals surface area contributed by atoms with Gasteiger partial charge in [0.2, 0.25) is 0 Å². The second-order valence-electron chi connectivity index (χ2n) is 5.35. The Labute approximate surface area is 133 Å². The predicted molar refractivity (Wildman–Crippen MR) is 84.7 cm³/mol. The quantitative estimate of drug-likeness (QED) is 0.623. The Morgan fingerprint density at radius 2 is 2.35 bits per heavy atom. The lowest BCUT2D eigenvalue weighted by molar-refractivity contribution is -0.384. The molecule has 2 heterocycles. The highest BCUT2D eigenvalue weighted by molar-refractivity contribution is 5.65. The second kappa shape index (κ2) is 6.60. The maximum absolute atomic E-state index is 11.3. The average Bonchev–Trinajstić information content (AvgIpc) is 3.02. The van der Waals surface area contributed by atoms with Crippen molar-refractivity contribution in [3.05, 3.63) is 52.5 Å². The molecule has 0 unspecified atom stereocenters. The SMILES string of the molecule is CCOC1=CC[C@@H](n2cc([N+](=O)[O-])c(-c3ccccn3)n2)CC1. The van der Waals surface area contributed by atoms with Crippen molar-refractivity contribution in [2.24, 2.45) is 0 Å². The van der Waals surface area contributed by atoms with Crippen molar-refractivity contribution in [2.75, 3.05) is 6.61 Å². The van der Waals surface area contributed by atoms with Crippen molar-refractivity contribution in [2.45, 2.75) is 32.2 Å². The highest BCUT2D eigenvalue weighted by Gasteiger charge is 2.26. The monoisotopic (exact) mass is 314 g/mol. The van der Waals surface area contributed by atoms with Gasteiger partial charge >= 0.3 is 5.69 Å². The lowest BCUT2D eigenvalue weighted by Gasteiger charge is -2.21. The van der Waals surface area contributed by atoms with Crippen molar-refractivity contribution in [3.63, 3.8) is 0 Å². The minimum absolute atomic E-state index is 0.0108. The van der Waals surface area contributed by atoms with E-state index in [1.54, 1.807) is 29.1 Å². The molecule has 0 saturated heterocycles. The van der Waals surface area contributed by atoms with Crippen LogP contribution in [-0.4, -0.2) is 26.3 Å². The first-order valence-electron chi connectivity index (χ1n) is 7.65. The number of allylic oxidation sites excluding steroid dienone is 2. The van der Waals surface area contributed by atoms with Crippen LogP contribution >= 0.6 is 0 Å². The van der Waals surface area contributed by atoms with Gasteiger partial charge in [0.15, 0.2) is 5.69 Å². The summed E-state index contributed by atoms with van der Waals surface area (Å²) in [5.74, 6) is 0.996. The Kier molecular flexibility index (Phi) is 4.36. The Morgan fingerprint density at radius 3 is 2.96 bits per heavy atom. The molecule has 0 aliphatic heterocycles. The summed E-state index contributed by atoms with van der Waals surface area (Å²) in [6, 6.07) is 5.40. The van der Waals surface area contributed by atoms with Gasteiger partial charge in [-0.2, -0.15) is 5.10 Å². The van der Waals surface area contributed by atoms with Crippen molar-refractivity contribution in [3.8, 4) is 11.4 Å². The first kappa shape index (κ1) is 15.2. The molecular formula is C16H18N4O3. The van der Waals surface area contributed by atoms with E-state index in [0.717, 1.165) is 25.0 Å². The third-order valence-electron chi connectivity index (χ3n) is 3.86. The number of rotatable bonds is 5. The first-order chi connectivity index (χ1) is 11.2. The Morgan fingerprint density at radius 1 is 1.48 bits per heavy atom. The topological polar surface area (TPSA) is 83.1 Å². The number of nitro groups is 1. The summed E-state index contributed by atoms with van der Waals surface area (Å²) in [7, 11) is 0. The second-order valence-corrected chi connectivity index (χ2v) is 5.35. The third kappa shape index (κ3) is 3.23. The fourth-order valence-corrected chi connectivity index (χ4v) is 2.74. The van der Waals surface area contributed by atoms with E-state index >= 15 is 0 Å². The van der Waals surface area contributed by atoms with E-state index in [0.29, 0.717) is 18.0 Å². The zero-order valence-corrected chi connectivity index (χ0v) is 12.9. The van der Waals surface area contributed by atoms with Crippen LogP contribution in [0.3, 0.4) is 0 Å². The maximum Gasteiger partial charge on any atom is 0.316 e. The van der Waals surface area contributed by atoms with Gasteiger partial charge in [0.25, 0.3) is 0 Å². The van der Waals surface area contributed by atoms with E-state index in [-0.39, 0.29) is 11.7 Å². The summed E-state index contributed by atoms with van der Waals surface area (Å²) >= 11 is 0. The van der Waals surface area contributed by atoms with E-state index in [2.05, 4.69) is 10.1 Å². The number of nitrogens with zero attached hydrogens (tertiary/aromatic N) is 4. The highest BCUT2D eigenvalue weighted by atomic mass is 16.6. The van der Waals surface area contributed by atoms with Gasteiger partial charge in [-0.05, 0) is 38.0 Å². The van der Waals surface area contributed by atoms with Crippen molar-refractivity contribution in [1.82, 2.24) is 14.8 Å². The molecule has 0 radical (unpaired) electrons. The minimum Gasteiger partial charge on any atom is -0.499 e. The number of aromatic nitrogens is 3. The molecular weight excluding hydrogens is 296 g/mol. The van der Waals surface area contributed by atoms with Crippen LogP contribution in [0.2, 0.25) is 0 Å². The van der Waals surface area contributed by atoms with Gasteiger partial charge in [-0.3, -0.25) is 19.8 Å². The Balaban J connectivity index is 1.89. The summed E-state index contributed by atoms with van der Waals surface area (Å²) in [6.07, 6.45) is 7.60. The number of pyridine rings is 1. The molecule has 7 nitrogen and oxygen atoms in total. The fraction of sp³-hybridized carbons (Fsp3) is 0.375. The van der Waals surface area contributed by atoms with Crippen LogP contribution in [0.1, 0.15) is 32.2 Å². The molecule has 2 aromatic rings. The molecule has 7 heteroatoms. The van der Waals surface area contributed by atoms with Crippen molar-refractivity contribution in [1.29, 1.82) is 0 Å². The molecule has 23 heavy (non-hydrogen) atoms. The van der Waals surface area contributed by atoms with E-state index in [1.165, 1.54) is 6.20 Å². The molecule has 0 aromatic carbocycles. The van der Waals surface area contributed by atoms with E-state index < -0.39 is 4.92 Å². The highest BCUT2D eigenvalue weighted by Crippen LogP contribution is 2.32. The van der Waals surface area contributed by atoms with Crippen LogP contribution in [-0.2, 0) is 4.74 Å². The zero-order chi connectivity index (χ0) is 16.2. The summed E-state index contributed by atoms with van der Waals surface area (Å²) in [5.41, 5.74) is 0.817. The molecule has 0 bridgehead atoms. The van der Waals surface area contributed by atoms with Crippen LogP contribution in [0.25, 0.3) is 11.4 Å². The summed E-state index contributed by atoms with van der Waals surface area (Å²) in [5, 5.41) is 15.8. The van der Waals surface area contributed by atoms with Gasteiger partial charge < -0.3 is 4.74 Å². The van der Waals surface area contributed by atoms with Crippen LogP contribution in [0.5, 0.6) is 0 Å². The van der Waals surface area contributed by atoms with E-state index in [1.807, 2.05) is 13.0 Å². The predicted octanol–water partition coefficient (Wildman–Crippen LogP) is 3.50. The first-order valence-corrected chi connectivity index (χ1v) is 7.65. The number of ether oxygens (including phenoxy) is 1. The molecule has 0 saturated carbocycles. The minimum atomic E-state index is -0.405. The Hall–Kier alpha value is -2.70. The molecule has 0 fully saturated rings. The molecule has 0 spiro atoms. The van der Waals surface area contributed by atoms with Crippen molar-refractivity contribution < 1.29 is 9.66 Å². The van der Waals surface area contributed by atoms with Gasteiger partial charge in [-0.25, -0.2) is 0 Å². The lowest BCUT2D eigenvalue weighted by atomic mass is 10.0. The van der Waals surface area contributed by atoms with Crippen molar-refractivity contribution >= 4 is 5.69 Å². The largest absolute Gasteiger partial charge is 0.499 e. The molecule has 1 aliphatic carbocycles. The molecule has 1 atom stereocenters. The van der Waals surface area contributed by atoms with Gasteiger partial charge in [-0.1, -0.05) is 6.07 Å². The lowest BCUT2D eigenvalue weighted by Crippen LogP contribution is -2.13. The third-order valence-corrected chi connectivity index (χ3v) is 3.86. The molecule has 1 aliphatic rings. The van der Waals surface area contributed by atoms with Gasteiger partial charge in [0.05, 0.1) is 29.0 Å². The number of hydrogen-bond donors (Lipinski definition) is 0. The number of hydrogen-bond acceptors (Lipinski definition) is 5. The molecule has 0 N–H and O–H groups in total. The van der Waals surface area contributed by atoms with Crippen LogP contribution < -0.4 is 0 Å². The molecule has 0 amide bonds.